The van der Waals surface area contributed by atoms with Crippen molar-refractivity contribution in [1.29, 1.82) is 0 Å². The van der Waals surface area contributed by atoms with Crippen molar-refractivity contribution in [3.8, 4) is 0 Å². The van der Waals surface area contributed by atoms with Crippen LogP contribution in [0.25, 0.3) is 16.6 Å². The largest absolute Gasteiger partial charge is 0.372 e. The van der Waals surface area contributed by atoms with Gasteiger partial charge >= 0.3 is 0 Å². The van der Waals surface area contributed by atoms with Crippen molar-refractivity contribution in [2.75, 3.05) is 18.0 Å². The molecular formula is C23H27N7O. The number of aromatic nitrogens is 4. The highest BCUT2D eigenvalue weighted by Gasteiger charge is 2.29. The molecule has 0 radical (unpaired) electrons. The van der Waals surface area contributed by atoms with E-state index in [2.05, 4.69) is 51.3 Å². The van der Waals surface area contributed by atoms with Crippen molar-refractivity contribution < 1.29 is 4.74 Å². The fourth-order valence-electron chi connectivity index (χ4n) is 4.35. The number of anilines is 1. The summed E-state index contributed by atoms with van der Waals surface area (Å²) in [6.07, 6.45) is 11.9. The normalized spacial score (nSPS) is 26.1. The quantitative estimate of drug-likeness (QED) is 0.675. The molecule has 1 unspecified atom stereocenters. The molecule has 8 nitrogen and oxygen atoms in total. The van der Waals surface area contributed by atoms with E-state index >= 15 is 0 Å². The summed E-state index contributed by atoms with van der Waals surface area (Å²) in [5, 5.41) is 8.66. The van der Waals surface area contributed by atoms with E-state index in [0.717, 1.165) is 46.6 Å². The van der Waals surface area contributed by atoms with Crippen molar-refractivity contribution in [3.63, 3.8) is 0 Å². The van der Waals surface area contributed by atoms with Gasteiger partial charge in [-0.15, -0.1) is 0 Å². The minimum atomic E-state index is -0.852. The number of hydrogen-bond donors (Lipinski definition) is 2. The van der Waals surface area contributed by atoms with E-state index in [1.54, 1.807) is 4.68 Å². The number of nitrogens with one attached hydrogen (secondary N) is 1. The summed E-state index contributed by atoms with van der Waals surface area (Å²) in [5.41, 5.74) is 9.66. The number of aryl methyl sites for hydroxylation is 1. The molecule has 3 aromatic rings. The standard InChI is InChI=1S/C23H27N7O/c1-15-12-30(13-16(2)31-15)21-9-20(5-6-25-21)23(24)10-17(4-7-27-23)18-8-19-14-29(3)28-22(19)26-11-18/h4-11,14-16,27H,12-13,24H2,1-3H3/t15-,16+,23?. The van der Waals surface area contributed by atoms with E-state index in [0.29, 0.717) is 0 Å². The number of fused-ring (bicyclic) bond motifs is 1. The second kappa shape index (κ2) is 7.47. The Labute approximate surface area is 181 Å². The second-order valence-electron chi connectivity index (χ2n) is 8.45. The minimum Gasteiger partial charge on any atom is -0.372 e. The molecule has 1 saturated heterocycles. The Morgan fingerprint density at radius 2 is 2.00 bits per heavy atom. The Bertz CT molecular complexity index is 1170. The Hall–Kier alpha value is -3.23. The van der Waals surface area contributed by atoms with E-state index in [9.17, 15) is 0 Å². The van der Waals surface area contributed by atoms with E-state index < -0.39 is 5.66 Å². The SMILES string of the molecule is C[C@@H]1CN(c2cc(C3(N)C=C(c4cnc5nn(C)cc5c4)C=CN3)ccn2)C[C@H](C)O1. The molecule has 0 saturated carbocycles. The molecule has 0 spiro atoms. The van der Waals surface area contributed by atoms with Gasteiger partial charge in [-0.2, -0.15) is 5.10 Å². The van der Waals surface area contributed by atoms with Gasteiger partial charge in [0.25, 0.3) is 0 Å². The van der Waals surface area contributed by atoms with Gasteiger partial charge in [0.1, 0.15) is 11.5 Å². The summed E-state index contributed by atoms with van der Waals surface area (Å²) in [6, 6.07) is 6.11. The Morgan fingerprint density at radius 3 is 2.81 bits per heavy atom. The number of rotatable bonds is 3. The van der Waals surface area contributed by atoms with Gasteiger partial charge in [0.15, 0.2) is 5.65 Å². The maximum Gasteiger partial charge on any atom is 0.181 e. The predicted molar refractivity (Wildman–Crippen MR) is 121 cm³/mol. The average Bonchev–Trinajstić information content (AvgIpc) is 3.12. The van der Waals surface area contributed by atoms with Crippen molar-refractivity contribution in [3.05, 3.63) is 66.3 Å². The van der Waals surface area contributed by atoms with Crippen molar-refractivity contribution >= 4 is 22.4 Å². The van der Waals surface area contributed by atoms with Crippen molar-refractivity contribution in [1.82, 2.24) is 25.1 Å². The van der Waals surface area contributed by atoms with Crippen molar-refractivity contribution in [2.45, 2.75) is 31.7 Å². The lowest BCUT2D eigenvalue weighted by atomic mass is 9.93. The highest BCUT2D eigenvalue weighted by atomic mass is 16.5. The zero-order chi connectivity index (χ0) is 21.6. The first-order valence-corrected chi connectivity index (χ1v) is 10.5. The first kappa shape index (κ1) is 19.7. The summed E-state index contributed by atoms with van der Waals surface area (Å²) >= 11 is 0. The highest BCUT2D eigenvalue weighted by molar-refractivity contribution is 5.83. The fourth-order valence-corrected chi connectivity index (χ4v) is 4.35. The lowest BCUT2D eigenvalue weighted by molar-refractivity contribution is -0.00546. The molecule has 0 aliphatic carbocycles. The number of morpholine rings is 1. The van der Waals surface area contributed by atoms with Crippen LogP contribution in [0.15, 0.2) is 55.1 Å². The van der Waals surface area contributed by atoms with Crippen LogP contribution < -0.4 is 16.0 Å². The number of hydrogen-bond acceptors (Lipinski definition) is 7. The monoisotopic (exact) mass is 417 g/mol. The van der Waals surface area contributed by atoms with Crippen LogP contribution in [0.1, 0.15) is 25.0 Å². The average molecular weight is 418 g/mol. The van der Waals surface area contributed by atoms with Crippen LogP contribution in [0.3, 0.4) is 0 Å². The van der Waals surface area contributed by atoms with Gasteiger partial charge in [0.05, 0.1) is 12.2 Å². The molecule has 5 rings (SSSR count). The number of nitrogens with zero attached hydrogens (tertiary/aromatic N) is 5. The molecule has 3 aromatic heterocycles. The molecule has 1 fully saturated rings. The number of pyridine rings is 2. The Morgan fingerprint density at radius 1 is 1.19 bits per heavy atom. The molecule has 5 heterocycles. The van der Waals surface area contributed by atoms with Crippen LogP contribution in [-0.4, -0.2) is 45.0 Å². The van der Waals surface area contributed by atoms with Crippen LogP contribution in [0, 0.1) is 0 Å². The van der Waals surface area contributed by atoms with Gasteiger partial charge in [-0.3, -0.25) is 4.68 Å². The van der Waals surface area contributed by atoms with Crippen LogP contribution in [0.5, 0.6) is 0 Å². The summed E-state index contributed by atoms with van der Waals surface area (Å²) in [7, 11) is 1.90. The third-order valence-corrected chi connectivity index (χ3v) is 5.74. The summed E-state index contributed by atoms with van der Waals surface area (Å²) < 4.78 is 7.63. The molecule has 0 bridgehead atoms. The maximum absolute atomic E-state index is 6.83. The van der Waals surface area contributed by atoms with Gasteiger partial charge in [-0.05, 0) is 56.0 Å². The summed E-state index contributed by atoms with van der Waals surface area (Å²) in [5.74, 6) is 0.911. The first-order valence-electron chi connectivity index (χ1n) is 10.5. The summed E-state index contributed by atoms with van der Waals surface area (Å²) in [4.78, 5) is 11.4. The first-order chi connectivity index (χ1) is 14.9. The molecule has 0 amide bonds. The third-order valence-electron chi connectivity index (χ3n) is 5.74. The topological polar surface area (TPSA) is 94.1 Å². The van der Waals surface area contributed by atoms with Gasteiger partial charge in [0, 0.05) is 55.2 Å². The Balaban J connectivity index is 1.48. The second-order valence-corrected chi connectivity index (χ2v) is 8.45. The molecular weight excluding hydrogens is 390 g/mol. The lowest BCUT2D eigenvalue weighted by Crippen LogP contribution is -2.48. The lowest BCUT2D eigenvalue weighted by Gasteiger charge is -2.37. The number of ether oxygens (including phenoxy) is 1. The molecule has 3 N–H and O–H groups in total. The molecule has 31 heavy (non-hydrogen) atoms. The number of allylic oxidation sites excluding steroid dienone is 2. The highest BCUT2D eigenvalue weighted by Crippen LogP contribution is 2.30. The van der Waals surface area contributed by atoms with Crippen LogP contribution in [0.2, 0.25) is 0 Å². The van der Waals surface area contributed by atoms with Crippen LogP contribution in [-0.2, 0) is 17.4 Å². The summed E-state index contributed by atoms with van der Waals surface area (Å²) in [6.45, 7) is 5.80. The van der Waals surface area contributed by atoms with E-state index in [4.69, 9.17) is 10.5 Å². The van der Waals surface area contributed by atoms with Gasteiger partial charge in [-0.25, -0.2) is 9.97 Å². The third kappa shape index (κ3) is 3.80. The minimum absolute atomic E-state index is 0.165. The molecule has 2 aliphatic heterocycles. The molecule has 8 heteroatoms. The molecule has 160 valence electrons. The molecule has 3 atom stereocenters. The van der Waals surface area contributed by atoms with Crippen LogP contribution >= 0.6 is 0 Å². The zero-order valence-electron chi connectivity index (χ0n) is 18.0. The molecule has 0 aromatic carbocycles. The smallest absolute Gasteiger partial charge is 0.181 e. The van der Waals surface area contributed by atoms with E-state index in [-0.39, 0.29) is 12.2 Å². The zero-order valence-corrected chi connectivity index (χ0v) is 18.0. The van der Waals surface area contributed by atoms with Gasteiger partial charge in [0.2, 0.25) is 0 Å². The van der Waals surface area contributed by atoms with Crippen LogP contribution in [0.4, 0.5) is 5.82 Å². The predicted octanol–water partition coefficient (Wildman–Crippen LogP) is 2.29. The van der Waals surface area contributed by atoms with Crippen molar-refractivity contribution in [2.24, 2.45) is 12.8 Å². The fraction of sp³-hybridized carbons (Fsp3) is 0.348. The number of dihydropyridines is 1. The Kier molecular flexibility index (Phi) is 4.75. The van der Waals surface area contributed by atoms with Gasteiger partial charge in [-0.1, -0.05) is 0 Å². The molecule has 2 aliphatic rings. The van der Waals surface area contributed by atoms with E-state index in [1.165, 1.54) is 0 Å². The van der Waals surface area contributed by atoms with Gasteiger partial charge < -0.3 is 20.7 Å². The maximum atomic E-state index is 6.83. The number of nitrogens with two attached hydrogens (primary N) is 1. The van der Waals surface area contributed by atoms with E-state index in [1.807, 2.05) is 50.1 Å².